The van der Waals surface area contributed by atoms with E-state index < -0.39 is 0 Å². The van der Waals surface area contributed by atoms with Gasteiger partial charge in [0.05, 0.1) is 17.4 Å². The van der Waals surface area contributed by atoms with Crippen LogP contribution in [0.4, 0.5) is 11.4 Å². The van der Waals surface area contributed by atoms with E-state index in [0.717, 1.165) is 72.0 Å². The fraction of sp³-hybridized carbons (Fsp3) is 0.500. The van der Waals surface area contributed by atoms with E-state index >= 15 is 0 Å². The molecule has 0 saturated carbocycles. The molecule has 0 fully saturated rings. The second kappa shape index (κ2) is 15.2. The summed E-state index contributed by atoms with van der Waals surface area (Å²) in [5.74, 6) is 0.523. The zero-order valence-electron chi connectivity index (χ0n) is 24.4. The summed E-state index contributed by atoms with van der Waals surface area (Å²) in [6.07, 6.45) is 2.95. The smallest absolute Gasteiger partial charge is 0.0802 e. The molecule has 1 atom stereocenters. The van der Waals surface area contributed by atoms with Crippen LogP contribution >= 0.6 is 11.6 Å². The zero-order valence-corrected chi connectivity index (χ0v) is 25.1. The van der Waals surface area contributed by atoms with Crippen LogP contribution < -0.4 is 16.0 Å². The van der Waals surface area contributed by atoms with E-state index in [9.17, 15) is 0 Å². The lowest BCUT2D eigenvalue weighted by atomic mass is 9.87. The minimum Gasteiger partial charge on any atom is -0.372 e. The summed E-state index contributed by atoms with van der Waals surface area (Å²) in [5.41, 5.74) is 9.34. The summed E-state index contributed by atoms with van der Waals surface area (Å²) in [6.45, 7) is 20.2. The number of anilines is 2. The molecular weight excluding hydrogens is 476 g/mol. The molecule has 204 valence electrons. The Bertz CT molecular complexity index is 1050. The monoisotopic (exact) mass is 524 g/mol. The van der Waals surface area contributed by atoms with Crippen molar-refractivity contribution >= 4 is 23.0 Å². The fourth-order valence-corrected chi connectivity index (χ4v) is 5.13. The molecular formula is C32H49ClN4. The maximum atomic E-state index is 6.86. The summed E-state index contributed by atoms with van der Waals surface area (Å²) in [6, 6.07) is 12.8. The van der Waals surface area contributed by atoms with E-state index in [4.69, 9.17) is 11.6 Å². The Labute approximate surface area is 231 Å². The van der Waals surface area contributed by atoms with Crippen molar-refractivity contribution in [2.75, 3.05) is 37.8 Å². The van der Waals surface area contributed by atoms with Gasteiger partial charge in [-0.1, -0.05) is 77.1 Å². The quantitative estimate of drug-likeness (QED) is 0.257. The maximum absolute atomic E-state index is 6.86. The number of nitrogens with one attached hydrogen (secondary N) is 3. The maximum Gasteiger partial charge on any atom is 0.0802 e. The number of benzene rings is 2. The van der Waals surface area contributed by atoms with Gasteiger partial charge in [0.2, 0.25) is 0 Å². The van der Waals surface area contributed by atoms with E-state index in [1.54, 1.807) is 0 Å². The lowest BCUT2D eigenvalue weighted by Crippen LogP contribution is -2.22. The highest BCUT2D eigenvalue weighted by atomic mass is 35.5. The Morgan fingerprint density at radius 3 is 2.51 bits per heavy atom. The van der Waals surface area contributed by atoms with E-state index in [2.05, 4.69) is 106 Å². The van der Waals surface area contributed by atoms with Crippen LogP contribution in [0.3, 0.4) is 0 Å². The number of rotatable bonds is 11. The standard InChI is InChI=1S/C30H43ClN4.C2H6/c1-8-26-28(22(5)17-20(2)3)30(24-14-13-21(4)18-25(24)31)34-29-23(11-9-12-27(29)33-26)19-32-15-10-16-35(6)7;1-2/h9,11-14,18,20,30,32-34H,5,8,10,15-17,19H2,1-4,6-7H3;1-2H3. The van der Waals surface area contributed by atoms with E-state index in [1.807, 2.05) is 13.8 Å². The number of fused-ring (bicyclic) bond motifs is 1. The van der Waals surface area contributed by atoms with Gasteiger partial charge in [0.25, 0.3) is 0 Å². The SMILES string of the molecule is C=C(CC(C)C)C1=C(CC)Nc2cccc(CNCCCN(C)C)c2NC1c1ccc(C)cc1Cl.CC. The average molecular weight is 525 g/mol. The molecule has 0 saturated heterocycles. The number of nitrogens with zero attached hydrogens (tertiary/aromatic N) is 1. The lowest BCUT2D eigenvalue weighted by Gasteiger charge is -2.27. The highest BCUT2D eigenvalue weighted by Crippen LogP contribution is 2.44. The van der Waals surface area contributed by atoms with Crippen molar-refractivity contribution in [2.45, 2.75) is 73.4 Å². The number of halogens is 1. The summed E-state index contributed by atoms with van der Waals surface area (Å²) in [7, 11) is 4.23. The van der Waals surface area contributed by atoms with Gasteiger partial charge >= 0.3 is 0 Å². The number of para-hydroxylation sites is 1. The highest BCUT2D eigenvalue weighted by molar-refractivity contribution is 6.31. The molecule has 0 amide bonds. The van der Waals surface area contributed by atoms with Crippen LogP contribution in [-0.2, 0) is 6.54 Å². The summed E-state index contributed by atoms with van der Waals surface area (Å²) >= 11 is 6.86. The Hall–Kier alpha value is -2.27. The van der Waals surface area contributed by atoms with Crippen LogP contribution in [0.2, 0.25) is 5.02 Å². The van der Waals surface area contributed by atoms with E-state index in [0.29, 0.717) is 5.92 Å². The van der Waals surface area contributed by atoms with Gasteiger partial charge in [-0.15, -0.1) is 0 Å². The first kappa shape index (κ1) is 31.0. The molecule has 3 N–H and O–H groups in total. The zero-order chi connectivity index (χ0) is 27.5. The molecule has 0 aliphatic carbocycles. The van der Waals surface area contributed by atoms with Gasteiger partial charge in [0.15, 0.2) is 0 Å². The van der Waals surface area contributed by atoms with Crippen molar-refractivity contribution in [3.8, 4) is 0 Å². The molecule has 1 heterocycles. The third-order valence-electron chi connectivity index (χ3n) is 6.47. The molecule has 0 spiro atoms. The second-order valence-corrected chi connectivity index (χ2v) is 10.8. The largest absolute Gasteiger partial charge is 0.372 e. The van der Waals surface area contributed by atoms with Crippen LogP contribution in [0.5, 0.6) is 0 Å². The van der Waals surface area contributed by atoms with Gasteiger partial charge in [-0.2, -0.15) is 0 Å². The van der Waals surface area contributed by atoms with Crippen molar-refractivity contribution in [1.82, 2.24) is 10.2 Å². The first-order chi connectivity index (χ1) is 17.7. The topological polar surface area (TPSA) is 39.3 Å². The van der Waals surface area contributed by atoms with Gasteiger partial charge in [-0.3, -0.25) is 0 Å². The molecule has 2 aromatic rings. The van der Waals surface area contributed by atoms with Crippen molar-refractivity contribution in [2.24, 2.45) is 5.92 Å². The van der Waals surface area contributed by atoms with Gasteiger partial charge in [0, 0.05) is 22.8 Å². The molecule has 0 radical (unpaired) electrons. The van der Waals surface area contributed by atoms with Crippen LogP contribution in [0.15, 0.2) is 59.8 Å². The molecule has 1 unspecified atom stereocenters. The number of aryl methyl sites for hydroxylation is 1. The van der Waals surface area contributed by atoms with Crippen molar-refractivity contribution in [3.63, 3.8) is 0 Å². The molecule has 0 bridgehead atoms. The highest BCUT2D eigenvalue weighted by Gasteiger charge is 2.29. The minimum absolute atomic E-state index is 0.0760. The third kappa shape index (κ3) is 8.63. The van der Waals surface area contributed by atoms with Crippen LogP contribution in [0.25, 0.3) is 0 Å². The van der Waals surface area contributed by atoms with Gasteiger partial charge in [-0.25, -0.2) is 0 Å². The molecule has 3 rings (SSSR count). The van der Waals surface area contributed by atoms with Crippen LogP contribution in [-0.4, -0.2) is 32.1 Å². The molecule has 2 aromatic carbocycles. The second-order valence-electron chi connectivity index (χ2n) is 10.3. The van der Waals surface area contributed by atoms with Crippen LogP contribution in [0.1, 0.15) is 76.6 Å². The Kier molecular flexibility index (Phi) is 12.7. The van der Waals surface area contributed by atoms with Crippen molar-refractivity contribution in [3.05, 3.63) is 81.5 Å². The normalized spacial score (nSPS) is 14.9. The molecule has 1 aliphatic heterocycles. The molecule has 0 aromatic heterocycles. The first-order valence-corrected chi connectivity index (χ1v) is 14.3. The Balaban J connectivity index is 0.00000235. The summed E-state index contributed by atoms with van der Waals surface area (Å²) in [5, 5.41) is 12.1. The third-order valence-corrected chi connectivity index (χ3v) is 6.80. The Morgan fingerprint density at radius 2 is 1.89 bits per heavy atom. The summed E-state index contributed by atoms with van der Waals surface area (Å²) in [4.78, 5) is 2.22. The predicted molar refractivity (Wildman–Crippen MR) is 165 cm³/mol. The molecule has 4 nitrogen and oxygen atoms in total. The molecule has 5 heteroatoms. The predicted octanol–water partition coefficient (Wildman–Crippen LogP) is 8.56. The van der Waals surface area contributed by atoms with Gasteiger partial charge < -0.3 is 20.9 Å². The lowest BCUT2D eigenvalue weighted by molar-refractivity contribution is 0.394. The number of allylic oxidation sites excluding steroid dienone is 1. The fourth-order valence-electron chi connectivity index (χ4n) is 4.78. The van der Waals surface area contributed by atoms with Crippen LogP contribution in [0, 0.1) is 12.8 Å². The molecule has 37 heavy (non-hydrogen) atoms. The van der Waals surface area contributed by atoms with Crippen molar-refractivity contribution in [1.29, 1.82) is 0 Å². The van der Waals surface area contributed by atoms with E-state index in [-0.39, 0.29) is 6.04 Å². The number of hydrogen-bond donors (Lipinski definition) is 3. The minimum atomic E-state index is -0.0760. The summed E-state index contributed by atoms with van der Waals surface area (Å²) < 4.78 is 0. The average Bonchev–Trinajstić information content (AvgIpc) is 3.01. The van der Waals surface area contributed by atoms with Gasteiger partial charge in [0.1, 0.15) is 0 Å². The number of hydrogen-bond acceptors (Lipinski definition) is 4. The first-order valence-electron chi connectivity index (χ1n) is 13.9. The van der Waals surface area contributed by atoms with E-state index in [1.165, 1.54) is 16.8 Å². The van der Waals surface area contributed by atoms with Crippen molar-refractivity contribution < 1.29 is 0 Å². The van der Waals surface area contributed by atoms with Gasteiger partial charge in [-0.05, 0) is 93.7 Å². The Morgan fingerprint density at radius 1 is 1.16 bits per heavy atom. The molecule has 1 aliphatic rings.